The number of benzene rings is 1. The summed E-state index contributed by atoms with van der Waals surface area (Å²) in [6.07, 6.45) is 1.47. The van der Waals surface area contributed by atoms with Gasteiger partial charge in [0.05, 0.1) is 17.1 Å². The Morgan fingerprint density at radius 2 is 2.14 bits per heavy atom. The van der Waals surface area contributed by atoms with E-state index in [4.69, 9.17) is 9.84 Å². The second kappa shape index (κ2) is 7.88. The van der Waals surface area contributed by atoms with Crippen LogP contribution in [0.4, 0.5) is 0 Å². The number of methoxy groups -OCH3 is 1. The smallest absolute Gasteiger partial charge is 0.335 e. The fraction of sp³-hybridized carbons (Fsp3) is 0.462. The van der Waals surface area contributed by atoms with Crippen molar-refractivity contribution in [1.29, 1.82) is 0 Å². The van der Waals surface area contributed by atoms with Gasteiger partial charge in [-0.3, -0.25) is 0 Å². The highest BCUT2D eigenvalue weighted by Gasteiger charge is 2.22. The quantitative estimate of drug-likeness (QED) is 0.722. The van der Waals surface area contributed by atoms with E-state index < -0.39 is 16.0 Å². The van der Waals surface area contributed by atoms with E-state index >= 15 is 0 Å². The number of rotatable bonds is 8. The van der Waals surface area contributed by atoms with Crippen molar-refractivity contribution in [3.05, 3.63) is 28.2 Å². The van der Waals surface area contributed by atoms with E-state index in [2.05, 4.69) is 20.7 Å². The number of hydrogen-bond acceptors (Lipinski definition) is 4. The van der Waals surface area contributed by atoms with E-state index in [0.29, 0.717) is 6.42 Å². The van der Waals surface area contributed by atoms with Crippen molar-refractivity contribution in [3.63, 3.8) is 0 Å². The largest absolute Gasteiger partial charge is 0.478 e. The third kappa shape index (κ3) is 5.06. The number of halogens is 1. The molecule has 0 fully saturated rings. The number of carbonyl (C=O) groups is 1. The lowest BCUT2D eigenvalue weighted by Gasteiger charge is -2.18. The Labute approximate surface area is 132 Å². The highest BCUT2D eigenvalue weighted by molar-refractivity contribution is 9.10. The average Bonchev–Trinajstić information content (AvgIpc) is 2.38. The molecule has 0 saturated heterocycles. The predicted molar refractivity (Wildman–Crippen MR) is 82.0 cm³/mol. The number of hydrogen-bond donors (Lipinski definition) is 2. The lowest BCUT2D eigenvalue weighted by molar-refractivity contribution is 0.0696. The first-order valence-corrected chi connectivity index (χ1v) is 8.63. The fourth-order valence-corrected chi connectivity index (χ4v) is 4.19. The number of carboxylic acids is 1. The maximum absolute atomic E-state index is 12.4. The van der Waals surface area contributed by atoms with Crippen molar-refractivity contribution < 1.29 is 23.1 Å². The van der Waals surface area contributed by atoms with Gasteiger partial charge in [-0.05, 0) is 40.5 Å². The van der Waals surface area contributed by atoms with Gasteiger partial charge in [0.2, 0.25) is 10.0 Å². The van der Waals surface area contributed by atoms with Crippen LogP contribution < -0.4 is 4.72 Å². The zero-order valence-electron chi connectivity index (χ0n) is 11.8. The van der Waals surface area contributed by atoms with Crippen LogP contribution in [0.2, 0.25) is 0 Å². The van der Waals surface area contributed by atoms with Crippen molar-refractivity contribution in [1.82, 2.24) is 4.72 Å². The van der Waals surface area contributed by atoms with Gasteiger partial charge in [-0.2, -0.15) is 0 Å². The molecule has 118 valence electrons. The lowest BCUT2D eigenvalue weighted by Crippen LogP contribution is -2.38. The molecule has 0 aliphatic rings. The summed E-state index contributed by atoms with van der Waals surface area (Å²) in [7, 11) is -2.24. The van der Waals surface area contributed by atoms with Gasteiger partial charge in [-0.15, -0.1) is 0 Å². The Bertz CT molecular complexity index is 597. The van der Waals surface area contributed by atoms with Crippen molar-refractivity contribution >= 4 is 31.9 Å². The third-order valence-corrected chi connectivity index (χ3v) is 5.29. The van der Waals surface area contributed by atoms with Crippen LogP contribution in [-0.2, 0) is 14.8 Å². The van der Waals surface area contributed by atoms with Crippen LogP contribution in [0.5, 0.6) is 0 Å². The van der Waals surface area contributed by atoms with E-state index in [1.807, 2.05) is 6.92 Å². The summed E-state index contributed by atoms with van der Waals surface area (Å²) >= 11 is 3.11. The molecule has 1 aromatic carbocycles. The van der Waals surface area contributed by atoms with Crippen molar-refractivity contribution in [2.45, 2.75) is 30.7 Å². The second-order valence-corrected chi connectivity index (χ2v) is 7.05. The summed E-state index contributed by atoms with van der Waals surface area (Å²) in [5.41, 5.74) is 0.0165. The highest BCUT2D eigenvalue weighted by atomic mass is 79.9. The number of nitrogens with one attached hydrogen (secondary N) is 1. The van der Waals surface area contributed by atoms with Crippen molar-refractivity contribution in [3.8, 4) is 0 Å². The molecule has 2 N–H and O–H groups in total. The van der Waals surface area contributed by atoms with E-state index in [0.717, 1.165) is 6.42 Å². The molecule has 1 rings (SSSR count). The maximum atomic E-state index is 12.4. The first-order valence-electron chi connectivity index (χ1n) is 6.36. The van der Waals surface area contributed by atoms with Gasteiger partial charge in [0.15, 0.2) is 0 Å². The SMILES string of the molecule is CCCC(COC)NS(=O)(=O)c1ccc(C(=O)O)cc1Br. The summed E-state index contributed by atoms with van der Waals surface area (Å²) in [5, 5.41) is 8.89. The summed E-state index contributed by atoms with van der Waals surface area (Å²) in [5.74, 6) is -1.11. The average molecular weight is 380 g/mol. The predicted octanol–water partition coefficient (Wildman–Crippen LogP) is 2.24. The summed E-state index contributed by atoms with van der Waals surface area (Å²) in [6.45, 7) is 2.23. The second-order valence-electron chi connectivity index (χ2n) is 4.51. The van der Waals surface area contributed by atoms with E-state index in [-0.39, 0.29) is 27.6 Å². The van der Waals surface area contributed by atoms with Crippen molar-refractivity contribution in [2.24, 2.45) is 0 Å². The molecular formula is C13H18BrNO5S. The van der Waals surface area contributed by atoms with Gasteiger partial charge < -0.3 is 9.84 Å². The molecule has 1 aromatic rings. The number of sulfonamides is 1. The number of ether oxygens (including phenoxy) is 1. The molecule has 0 heterocycles. The van der Waals surface area contributed by atoms with E-state index in [9.17, 15) is 13.2 Å². The fourth-order valence-electron chi connectivity index (χ4n) is 1.86. The van der Waals surface area contributed by atoms with Crippen LogP contribution >= 0.6 is 15.9 Å². The lowest BCUT2D eigenvalue weighted by atomic mass is 10.2. The summed E-state index contributed by atoms with van der Waals surface area (Å²) in [6, 6.07) is 3.47. The van der Waals surface area contributed by atoms with Crippen LogP contribution in [0.1, 0.15) is 30.1 Å². The van der Waals surface area contributed by atoms with Crippen LogP contribution in [0.3, 0.4) is 0 Å². The Hall–Kier alpha value is -0.960. The maximum Gasteiger partial charge on any atom is 0.335 e. The Balaban J connectivity index is 3.04. The Morgan fingerprint density at radius 3 is 2.62 bits per heavy atom. The summed E-state index contributed by atoms with van der Waals surface area (Å²) in [4.78, 5) is 10.9. The van der Waals surface area contributed by atoms with Crippen LogP contribution in [-0.4, -0.2) is 39.3 Å². The van der Waals surface area contributed by atoms with Gasteiger partial charge in [0.25, 0.3) is 0 Å². The van der Waals surface area contributed by atoms with Crippen LogP contribution in [0.15, 0.2) is 27.6 Å². The van der Waals surface area contributed by atoms with Gasteiger partial charge in [0, 0.05) is 17.6 Å². The van der Waals surface area contributed by atoms with Gasteiger partial charge in [-0.1, -0.05) is 13.3 Å². The van der Waals surface area contributed by atoms with Gasteiger partial charge in [0.1, 0.15) is 0 Å². The molecule has 0 amide bonds. The topological polar surface area (TPSA) is 92.7 Å². The molecule has 1 unspecified atom stereocenters. The van der Waals surface area contributed by atoms with Gasteiger partial charge in [-0.25, -0.2) is 17.9 Å². The molecule has 6 nitrogen and oxygen atoms in total. The molecule has 0 aromatic heterocycles. The molecule has 0 aliphatic heterocycles. The molecule has 0 spiro atoms. The van der Waals surface area contributed by atoms with E-state index in [1.165, 1.54) is 25.3 Å². The highest BCUT2D eigenvalue weighted by Crippen LogP contribution is 2.23. The van der Waals surface area contributed by atoms with Crippen molar-refractivity contribution in [2.75, 3.05) is 13.7 Å². The zero-order valence-corrected chi connectivity index (χ0v) is 14.2. The Morgan fingerprint density at radius 1 is 1.48 bits per heavy atom. The third-order valence-electron chi connectivity index (χ3n) is 2.80. The minimum absolute atomic E-state index is 0.00436. The molecular weight excluding hydrogens is 362 g/mol. The molecule has 21 heavy (non-hydrogen) atoms. The Kier molecular flexibility index (Phi) is 6.79. The standard InChI is InChI=1S/C13H18BrNO5S/c1-3-4-10(8-20-2)15-21(18,19)12-6-5-9(13(16)17)7-11(12)14/h5-7,10,15H,3-4,8H2,1-2H3,(H,16,17). The molecule has 0 radical (unpaired) electrons. The first-order chi connectivity index (χ1) is 9.81. The molecule has 0 bridgehead atoms. The minimum Gasteiger partial charge on any atom is -0.478 e. The monoisotopic (exact) mass is 379 g/mol. The number of aromatic carboxylic acids is 1. The van der Waals surface area contributed by atoms with Gasteiger partial charge >= 0.3 is 5.97 Å². The summed E-state index contributed by atoms with van der Waals surface area (Å²) < 4.78 is 32.5. The molecule has 8 heteroatoms. The normalized spacial score (nSPS) is 13.1. The molecule has 1 atom stereocenters. The van der Waals surface area contributed by atoms with Crippen LogP contribution in [0.25, 0.3) is 0 Å². The minimum atomic E-state index is -3.75. The first kappa shape index (κ1) is 18.1. The number of carboxylic acid groups (broad SMARTS) is 1. The zero-order chi connectivity index (χ0) is 16.0. The molecule has 0 saturated carbocycles. The van der Waals surface area contributed by atoms with Crippen LogP contribution in [0, 0.1) is 0 Å². The molecule has 0 aliphatic carbocycles. The van der Waals surface area contributed by atoms with E-state index in [1.54, 1.807) is 0 Å².